The lowest BCUT2D eigenvalue weighted by Crippen LogP contribution is -2.47. The van der Waals surface area contributed by atoms with Gasteiger partial charge in [-0.2, -0.15) is 18.3 Å². The molecule has 1 N–H and O–H groups in total. The van der Waals surface area contributed by atoms with Gasteiger partial charge in [-0.05, 0) is 65.0 Å². The highest BCUT2D eigenvalue weighted by molar-refractivity contribution is 7.90. The topological polar surface area (TPSA) is 167 Å². The molecule has 244 valence electrons. The van der Waals surface area contributed by atoms with Crippen molar-refractivity contribution in [2.45, 2.75) is 57.3 Å². The molecule has 1 atom stereocenters. The number of halogens is 3. The molecular formula is C27H31F3N6O8S. The predicted octanol–water partition coefficient (Wildman–Crippen LogP) is 4.71. The molecule has 0 fully saturated rings. The van der Waals surface area contributed by atoms with Crippen molar-refractivity contribution in [2.24, 2.45) is 5.28 Å². The molecule has 1 aromatic heterocycles. The molecular weight excluding hydrogens is 625 g/mol. The van der Waals surface area contributed by atoms with E-state index in [-0.39, 0.29) is 21.2 Å². The molecule has 0 aliphatic heterocycles. The monoisotopic (exact) mass is 656 g/mol. The summed E-state index contributed by atoms with van der Waals surface area (Å²) in [5.41, 5.74) is -0.370. The molecule has 3 aromatic rings. The summed E-state index contributed by atoms with van der Waals surface area (Å²) < 4.78 is 78.6. The predicted molar refractivity (Wildman–Crippen MR) is 151 cm³/mol. The zero-order valence-electron chi connectivity index (χ0n) is 25.0. The number of nitrogens with one attached hydrogen (secondary N) is 1. The number of hydrazine groups is 1. The lowest BCUT2D eigenvalue weighted by Gasteiger charge is -2.20. The van der Waals surface area contributed by atoms with E-state index in [4.69, 9.17) is 4.74 Å². The van der Waals surface area contributed by atoms with Gasteiger partial charge >= 0.3 is 12.3 Å². The summed E-state index contributed by atoms with van der Waals surface area (Å²) in [5.74, 6) is -1.12. The molecule has 2 aromatic carbocycles. The van der Waals surface area contributed by atoms with Crippen LogP contribution in [0.1, 0.15) is 39.0 Å². The number of ether oxygens (including phenoxy) is 2. The summed E-state index contributed by atoms with van der Waals surface area (Å²) in [7, 11) is -3.37. The van der Waals surface area contributed by atoms with Crippen LogP contribution in [0.4, 0.5) is 18.0 Å². The number of sulfonamides is 1. The normalized spacial score (nSPS) is 13.1. The number of nitrogens with zero attached hydrogens (tertiary/aromatic N) is 5. The van der Waals surface area contributed by atoms with Gasteiger partial charge in [-0.15, -0.1) is 5.01 Å². The minimum atomic E-state index is -4.73. The molecule has 0 saturated heterocycles. The lowest BCUT2D eigenvalue weighted by molar-refractivity contribution is -0.710. The third-order valence-electron chi connectivity index (χ3n) is 5.93. The zero-order valence-corrected chi connectivity index (χ0v) is 25.8. The van der Waals surface area contributed by atoms with Crippen LogP contribution in [0.2, 0.25) is 0 Å². The van der Waals surface area contributed by atoms with Gasteiger partial charge in [-0.1, -0.05) is 29.8 Å². The average molecular weight is 657 g/mol. The van der Waals surface area contributed by atoms with E-state index in [0.29, 0.717) is 10.6 Å². The number of carbonyl (C=O) groups excluding carboxylic acids is 2. The van der Waals surface area contributed by atoms with Crippen molar-refractivity contribution >= 4 is 22.1 Å². The fourth-order valence-electron chi connectivity index (χ4n) is 3.49. The SMILES string of the molecule is Cc1ccc(-c2cc(C(F)(F)F)nn2-c2ccc(S(=O)(=O)NC(=O)[C@H](C)N(C)/[N+]([O-])=N/OCOC(=O)OC(C)(C)C)cc2)cc1. The van der Waals surface area contributed by atoms with Gasteiger partial charge in [0, 0.05) is 5.56 Å². The Morgan fingerprint density at radius 3 is 2.27 bits per heavy atom. The van der Waals surface area contributed by atoms with E-state index >= 15 is 0 Å². The summed E-state index contributed by atoms with van der Waals surface area (Å²) in [5, 5.41) is 19.6. The molecule has 1 heterocycles. The van der Waals surface area contributed by atoms with Crippen LogP contribution in [-0.2, 0) is 35.3 Å². The van der Waals surface area contributed by atoms with E-state index in [9.17, 15) is 36.4 Å². The van der Waals surface area contributed by atoms with Crippen molar-refractivity contribution in [1.29, 1.82) is 0 Å². The van der Waals surface area contributed by atoms with Crippen LogP contribution in [0.15, 0.2) is 64.8 Å². The number of hydrogen-bond donors (Lipinski definition) is 1. The lowest BCUT2D eigenvalue weighted by atomic mass is 10.1. The third-order valence-corrected chi connectivity index (χ3v) is 7.29. The molecule has 0 bridgehead atoms. The summed E-state index contributed by atoms with van der Waals surface area (Å²) in [6.45, 7) is 7.06. The number of aromatic nitrogens is 2. The first-order valence-electron chi connectivity index (χ1n) is 13.1. The van der Waals surface area contributed by atoms with Gasteiger partial charge in [-0.3, -0.25) is 4.79 Å². The van der Waals surface area contributed by atoms with E-state index in [1.165, 1.54) is 19.1 Å². The first-order valence-corrected chi connectivity index (χ1v) is 14.6. The van der Waals surface area contributed by atoms with Crippen LogP contribution in [0, 0.1) is 12.1 Å². The number of rotatable bonds is 10. The summed E-state index contributed by atoms with van der Waals surface area (Å²) in [6.07, 6.45) is -5.80. The quantitative estimate of drug-likeness (QED) is 0.0806. The second-order valence-electron chi connectivity index (χ2n) is 10.6. The van der Waals surface area contributed by atoms with Crippen molar-refractivity contribution in [3.05, 3.63) is 71.1 Å². The van der Waals surface area contributed by atoms with Crippen LogP contribution < -0.4 is 4.72 Å². The van der Waals surface area contributed by atoms with Crippen LogP contribution in [0.25, 0.3) is 16.9 Å². The van der Waals surface area contributed by atoms with Gasteiger partial charge in [0.25, 0.3) is 22.7 Å². The van der Waals surface area contributed by atoms with Crippen LogP contribution >= 0.6 is 0 Å². The Bertz CT molecular complexity index is 1650. The molecule has 0 aliphatic carbocycles. The third kappa shape index (κ3) is 9.31. The Labute approximate surface area is 256 Å². The van der Waals surface area contributed by atoms with Crippen molar-refractivity contribution < 1.29 is 50.5 Å². The molecule has 0 radical (unpaired) electrons. The van der Waals surface area contributed by atoms with E-state index in [0.717, 1.165) is 35.5 Å². The second-order valence-corrected chi connectivity index (χ2v) is 12.3. The number of likely N-dealkylation sites (N-methyl/N-ethyl adjacent to an activating group) is 1. The van der Waals surface area contributed by atoms with Crippen molar-refractivity contribution in [1.82, 2.24) is 19.5 Å². The Hall–Kier alpha value is -4.87. The van der Waals surface area contributed by atoms with Gasteiger partial charge in [-0.25, -0.2) is 22.6 Å². The summed E-state index contributed by atoms with van der Waals surface area (Å²) >= 11 is 0. The zero-order chi connectivity index (χ0) is 33.7. The van der Waals surface area contributed by atoms with Crippen LogP contribution in [0.5, 0.6) is 0 Å². The Morgan fingerprint density at radius 1 is 1.11 bits per heavy atom. The Kier molecular flexibility index (Phi) is 10.3. The molecule has 18 heteroatoms. The van der Waals surface area contributed by atoms with Gasteiger partial charge < -0.3 is 19.5 Å². The summed E-state index contributed by atoms with van der Waals surface area (Å²) in [4.78, 5) is 28.1. The number of carbonyl (C=O) groups is 2. The van der Waals surface area contributed by atoms with Gasteiger partial charge in [0.1, 0.15) is 5.60 Å². The molecule has 0 aliphatic rings. The average Bonchev–Trinajstić information content (AvgIpc) is 3.40. The van der Waals surface area contributed by atoms with E-state index < -0.39 is 52.4 Å². The van der Waals surface area contributed by atoms with E-state index in [1.54, 1.807) is 45.0 Å². The number of aryl methyl sites for hydroxylation is 1. The van der Waals surface area contributed by atoms with Crippen molar-refractivity contribution in [3.63, 3.8) is 0 Å². The standard InChI is InChI=1S/C27H31F3N6O8S/c1-17-7-9-19(10-8-17)22-15-23(27(28,29)30)31-35(22)20-11-13-21(14-12-20)45(40,41)32-24(37)18(2)34(6)36(39)33-43-16-42-25(38)44-26(3,4)5/h7-15,18H,16H2,1-6H3,(H,32,37)/b36-33-/t18-/m0/s1. The van der Waals surface area contributed by atoms with Crippen molar-refractivity contribution in [3.8, 4) is 16.9 Å². The minimum Gasteiger partial charge on any atom is -0.569 e. The minimum absolute atomic E-state index is 0.121. The first kappa shape index (κ1) is 34.6. The number of alkyl halides is 3. The van der Waals surface area contributed by atoms with Crippen LogP contribution in [-0.4, -0.2) is 65.7 Å². The fourth-order valence-corrected chi connectivity index (χ4v) is 4.54. The highest BCUT2D eigenvalue weighted by Crippen LogP contribution is 2.33. The number of hydrogen-bond acceptors (Lipinski definition) is 10. The molecule has 14 nitrogen and oxygen atoms in total. The maximum Gasteiger partial charge on any atom is 0.511 e. The molecule has 0 spiro atoms. The van der Waals surface area contributed by atoms with Gasteiger partial charge in [0.05, 0.1) is 28.3 Å². The molecule has 45 heavy (non-hydrogen) atoms. The largest absolute Gasteiger partial charge is 0.569 e. The maximum atomic E-state index is 13.5. The molecule has 3 rings (SSSR count). The maximum absolute atomic E-state index is 13.5. The molecule has 0 saturated carbocycles. The fraction of sp³-hybridized carbons (Fsp3) is 0.370. The van der Waals surface area contributed by atoms with Gasteiger partial charge in [0.15, 0.2) is 11.7 Å². The highest BCUT2D eigenvalue weighted by atomic mass is 32.2. The number of benzene rings is 2. The summed E-state index contributed by atoms with van der Waals surface area (Å²) in [6, 6.07) is 10.8. The Morgan fingerprint density at radius 2 is 1.71 bits per heavy atom. The first-order chi connectivity index (χ1) is 20.8. The van der Waals surface area contributed by atoms with E-state index in [2.05, 4.69) is 20.0 Å². The van der Waals surface area contributed by atoms with Crippen LogP contribution in [0.3, 0.4) is 0 Å². The van der Waals surface area contributed by atoms with Crippen molar-refractivity contribution in [2.75, 3.05) is 13.8 Å². The van der Waals surface area contributed by atoms with Gasteiger partial charge in [0.2, 0.25) is 5.28 Å². The van der Waals surface area contributed by atoms with E-state index in [1.807, 2.05) is 11.6 Å². The second kappa shape index (κ2) is 13.4. The molecule has 1 amide bonds. The molecule has 0 unspecified atom stereocenters. The smallest absolute Gasteiger partial charge is 0.511 e. The highest BCUT2D eigenvalue weighted by Gasteiger charge is 2.35. The number of amides is 1. The Balaban J connectivity index is 1.71.